The molecule has 0 spiro atoms. The molecule has 0 saturated carbocycles. The highest BCUT2D eigenvalue weighted by atomic mass is 32.2. The van der Waals surface area contributed by atoms with Crippen molar-refractivity contribution < 1.29 is 8.42 Å². The van der Waals surface area contributed by atoms with Crippen molar-refractivity contribution in [1.82, 2.24) is 19.2 Å². The van der Waals surface area contributed by atoms with Crippen LogP contribution in [0.1, 0.15) is 30.5 Å². The SMILES string of the molecule is CCN(CC)S(=O)(=O)c1cccc(-c2nnc(SCc3cc(C)cc(C)c3)n2N)c1. The molecule has 0 unspecified atom stereocenters. The number of aryl methyl sites for hydroxylation is 2. The second-order valence-electron chi connectivity index (χ2n) is 7.08. The maximum Gasteiger partial charge on any atom is 0.243 e. The molecule has 0 saturated heterocycles. The van der Waals surface area contributed by atoms with Gasteiger partial charge in [-0.25, -0.2) is 13.1 Å². The molecule has 160 valence electrons. The number of hydrogen-bond acceptors (Lipinski definition) is 6. The zero-order valence-electron chi connectivity index (χ0n) is 17.7. The number of thioether (sulfide) groups is 1. The van der Waals surface area contributed by atoms with Gasteiger partial charge < -0.3 is 5.84 Å². The van der Waals surface area contributed by atoms with Crippen molar-refractivity contribution in [1.29, 1.82) is 0 Å². The maximum absolute atomic E-state index is 12.8. The van der Waals surface area contributed by atoms with Crippen molar-refractivity contribution >= 4 is 21.8 Å². The minimum absolute atomic E-state index is 0.219. The van der Waals surface area contributed by atoms with Gasteiger partial charge in [0.15, 0.2) is 5.82 Å². The monoisotopic (exact) mass is 445 g/mol. The fraction of sp³-hybridized carbons (Fsp3) is 0.333. The molecule has 0 aliphatic rings. The van der Waals surface area contributed by atoms with Crippen LogP contribution in [-0.2, 0) is 15.8 Å². The molecule has 0 atom stereocenters. The molecule has 2 N–H and O–H groups in total. The van der Waals surface area contributed by atoms with Crippen molar-refractivity contribution in [2.24, 2.45) is 0 Å². The molecule has 3 aromatic rings. The summed E-state index contributed by atoms with van der Waals surface area (Å²) in [7, 11) is -3.56. The highest BCUT2D eigenvalue weighted by Gasteiger charge is 2.23. The Morgan fingerprint density at radius 3 is 2.33 bits per heavy atom. The third-order valence-corrected chi connectivity index (χ3v) is 7.81. The van der Waals surface area contributed by atoms with Crippen LogP contribution in [0.5, 0.6) is 0 Å². The van der Waals surface area contributed by atoms with Crippen LogP contribution in [0, 0.1) is 13.8 Å². The lowest BCUT2D eigenvalue weighted by Crippen LogP contribution is -2.30. The molecular formula is C21H27N5O2S2. The highest BCUT2D eigenvalue weighted by molar-refractivity contribution is 7.98. The van der Waals surface area contributed by atoms with E-state index in [1.807, 2.05) is 13.8 Å². The number of nitrogens with two attached hydrogens (primary N) is 1. The molecule has 0 radical (unpaired) electrons. The number of aromatic nitrogens is 3. The van der Waals surface area contributed by atoms with Gasteiger partial charge in [0.05, 0.1) is 4.90 Å². The molecule has 7 nitrogen and oxygen atoms in total. The topological polar surface area (TPSA) is 94.1 Å². The fourth-order valence-electron chi connectivity index (χ4n) is 3.38. The van der Waals surface area contributed by atoms with Gasteiger partial charge in [0.1, 0.15) is 0 Å². The maximum atomic E-state index is 12.8. The largest absolute Gasteiger partial charge is 0.335 e. The number of nitrogens with zero attached hydrogens (tertiary/aromatic N) is 4. The van der Waals surface area contributed by atoms with Gasteiger partial charge in [0, 0.05) is 24.4 Å². The van der Waals surface area contributed by atoms with E-state index < -0.39 is 10.0 Å². The number of sulfonamides is 1. The van der Waals surface area contributed by atoms with Gasteiger partial charge in [0.25, 0.3) is 0 Å². The average molecular weight is 446 g/mol. The van der Waals surface area contributed by atoms with Crippen molar-refractivity contribution in [3.8, 4) is 11.4 Å². The summed E-state index contributed by atoms with van der Waals surface area (Å²) in [5, 5.41) is 8.97. The van der Waals surface area contributed by atoms with Gasteiger partial charge in [-0.1, -0.05) is 67.1 Å². The molecule has 2 aromatic carbocycles. The summed E-state index contributed by atoms with van der Waals surface area (Å²) in [4.78, 5) is 0.219. The lowest BCUT2D eigenvalue weighted by atomic mass is 10.1. The number of hydrogen-bond donors (Lipinski definition) is 1. The third-order valence-electron chi connectivity index (χ3n) is 4.75. The summed E-state index contributed by atoms with van der Waals surface area (Å²) in [5.41, 5.74) is 4.23. The third kappa shape index (κ3) is 4.69. The Morgan fingerprint density at radius 1 is 1.03 bits per heavy atom. The molecule has 9 heteroatoms. The van der Waals surface area contributed by atoms with Gasteiger partial charge in [0.2, 0.25) is 15.2 Å². The summed E-state index contributed by atoms with van der Waals surface area (Å²) in [5.74, 6) is 7.38. The standard InChI is InChI=1S/C21H27N5O2S2/c1-5-25(6-2)30(27,28)19-9-7-8-18(13-19)20-23-24-21(26(20)22)29-14-17-11-15(3)10-16(4)12-17/h7-13H,5-6,14,22H2,1-4H3. The van der Waals surface area contributed by atoms with E-state index in [0.717, 1.165) is 0 Å². The molecule has 0 amide bonds. The quantitative estimate of drug-likeness (QED) is 0.421. The second kappa shape index (κ2) is 9.20. The molecular weight excluding hydrogens is 418 g/mol. The molecule has 30 heavy (non-hydrogen) atoms. The van der Waals surface area contributed by atoms with E-state index in [-0.39, 0.29) is 4.90 Å². The first-order valence-corrected chi connectivity index (χ1v) is 12.2. The van der Waals surface area contributed by atoms with Gasteiger partial charge in [-0.3, -0.25) is 0 Å². The molecule has 1 heterocycles. The van der Waals surface area contributed by atoms with E-state index in [1.54, 1.807) is 24.3 Å². The predicted molar refractivity (Wildman–Crippen MR) is 121 cm³/mol. The summed E-state index contributed by atoms with van der Waals surface area (Å²) in [6.45, 7) is 8.61. The zero-order chi connectivity index (χ0) is 21.9. The minimum atomic E-state index is -3.56. The molecule has 0 aliphatic heterocycles. The molecule has 0 bridgehead atoms. The molecule has 0 aliphatic carbocycles. The summed E-state index contributed by atoms with van der Waals surface area (Å²) >= 11 is 1.49. The van der Waals surface area contributed by atoms with Crippen LogP contribution >= 0.6 is 11.8 Å². The van der Waals surface area contributed by atoms with E-state index in [4.69, 9.17) is 5.84 Å². The van der Waals surface area contributed by atoms with E-state index in [0.29, 0.717) is 35.4 Å². The van der Waals surface area contributed by atoms with Gasteiger partial charge in [-0.15, -0.1) is 10.2 Å². The number of rotatable bonds is 8. The predicted octanol–water partition coefficient (Wildman–Crippen LogP) is 3.60. The lowest BCUT2D eigenvalue weighted by molar-refractivity contribution is 0.445. The average Bonchev–Trinajstić information content (AvgIpc) is 3.07. The van der Waals surface area contributed by atoms with Gasteiger partial charge in [-0.05, 0) is 31.5 Å². The first kappa shape index (κ1) is 22.3. The highest BCUT2D eigenvalue weighted by Crippen LogP contribution is 2.27. The first-order valence-electron chi connectivity index (χ1n) is 9.77. The van der Waals surface area contributed by atoms with Crippen LogP contribution in [-0.4, -0.2) is 40.7 Å². The number of benzene rings is 2. The summed E-state index contributed by atoms with van der Waals surface area (Å²) < 4.78 is 28.5. The zero-order valence-corrected chi connectivity index (χ0v) is 19.3. The lowest BCUT2D eigenvalue weighted by Gasteiger charge is -2.18. The van der Waals surface area contributed by atoms with E-state index >= 15 is 0 Å². The smallest absolute Gasteiger partial charge is 0.243 e. The van der Waals surface area contributed by atoms with Crippen LogP contribution in [0.2, 0.25) is 0 Å². The van der Waals surface area contributed by atoms with E-state index in [9.17, 15) is 8.42 Å². The molecule has 0 fully saturated rings. The normalized spacial score (nSPS) is 11.9. The summed E-state index contributed by atoms with van der Waals surface area (Å²) in [6.07, 6.45) is 0. The van der Waals surface area contributed by atoms with Crippen LogP contribution in [0.15, 0.2) is 52.5 Å². The Bertz CT molecular complexity index is 1120. The van der Waals surface area contributed by atoms with Crippen LogP contribution in [0.3, 0.4) is 0 Å². The van der Waals surface area contributed by atoms with Crippen LogP contribution in [0.25, 0.3) is 11.4 Å². The van der Waals surface area contributed by atoms with Gasteiger partial charge in [-0.2, -0.15) is 4.31 Å². The Balaban J connectivity index is 1.85. The Morgan fingerprint density at radius 2 is 1.70 bits per heavy atom. The van der Waals surface area contributed by atoms with Crippen LogP contribution < -0.4 is 5.84 Å². The molecule has 1 aromatic heterocycles. The van der Waals surface area contributed by atoms with Crippen molar-refractivity contribution in [2.75, 3.05) is 18.9 Å². The van der Waals surface area contributed by atoms with Crippen molar-refractivity contribution in [2.45, 2.75) is 43.5 Å². The molecule has 3 rings (SSSR count). The first-order chi connectivity index (χ1) is 14.3. The van der Waals surface area contributed by atoms with Crippen molar-refractivity contribution in [3.63, 3.8) is 0 Å². The summed E-state index contributed by atoms with van der Waals surface area (Å²) in [6, 6.07) is 13.1. The Labute approximate surface area is 182 Å². The second-order valence-corrected chi connectivity index (χ2v) is 9.96. The van der Waals surface area contributed by atoms with Gasteiger partial charge >= 0.3 is 0 Å². The van der Waals surface area contributed by atoms with Crippen molar-refractivity contribution in [3.05, 3.63) is 59.2 Å². The minimum Gasteiger partial charge on any atom is -0.335 e. The number of nitrogen functional groups attached to an aromatic ring is 1. The van der Waals surface area contributed by atoms with E-state index in [2.05, 4.69) is 42.2 Å². The van der Waals surface area contributed by atoms with E-state index in [1.165, 1.54) is 37.4 Å². The Hall–Kier alpha value is -2.36. The fourth-order valence-corrected chi connectivity index (χ4v) is 5.67. The van der Waals surface area contributed by atoms with Crippen LogP contribution in [0.4, 0.5) is 0 Å². The Kier molecular flexibility index (Phi) is 6.84.